The zero-order valence-electron chi connectivity index (χ0n) is 34.1. The molecule has 0 aliphatic carbocycles. The summed E-state index contributed by atoms with van der Waals surface area (Å²) in [4.78, 5) is 12.7. The fourth-order valence-corrected chi connectivity index (χ4v) is 11.4. The summed E-state index contributed by atoms with van der Waals surface area (Å²) in [6.45, 7) is 1.90. The largest absolute Gasteiger partial charge is 0.345 e. The number of fused-ring (bicyclic) bond motifs is 2. The minimum absolute atomic E-state index is 0.156. The van der Waals surface area contributed by atoms with Crippen molar-refractivity contribution < 1.29 is 25.3 Å². The number of aromatic nitrogens is 4. The molecule has 6 aromatic heterocycles. The Balaban J connectivity index is 0.000000180. The monoisotopic (exact) mass is 920 g/mol. The van der Waals surface area contributed by atoms with E-state index < -0.39 is 30.1 Å². The Morgan fingerprint density at radius 3 is 1.52 bits per heavy atom. The molecule has 0 atom stereocenters. The lowest BCUT2D eigenvalue weighted by Crippen LogP contribution is -2.22. The molecule has 9 aromatic rings. The van der Waals surface area contributed by atoms with E-state index in [1.807, 2.05) is 54.2 Å². The van der Waals surface area contributed by atoms with Crippen LogP contribution in [0.1, 0.15) is 5.56 Å². The number of hydrogen-bond acceptors (Lipinski definition) is 10. The van der Waals surface area contributed by atoms with Crippen molar-refractivity contribution in [2.24, 2.45) is 0 Å². The van der Waals surface area contributed by atoms with Gasteiger partial charge in [0.2, 0.25) is 20.0 Å². The van der Waals surface area contributed by atoms with Crippen LogP contribution in [0.3, 0.4) is 0 Å². The normalized spacial score (nSPS) is 12.3. The third-order valence-corrected chi connectivity index (χ3v) is 17.0. The lowest BCUT2D eigenvalue weighted by molar-refractivity contribution is 0.519. The van der Waals surface area contributed by atoms with Gasteiger partial charge in [0.25, 0.3) is 10.0 Å². The van der Waals surface area contributed by atoms with Gasteiger partial charge in [0.1, 0.15) is 5.65 Å². The summed E-state index contributed by atoms with van der Waals surface area (Å²) in [6, 6.07) is 28.0. The van der Waals surface area contributed by atoms with Crippen molar-refractivity contribution in [1.29, 1.82) is 0 Å². The van der Waals surface area contributed by atoms with Gasteiger partial charge in [-0.25, -0.2) is 47.8 Å². The maximum atomic E-state index is 13.7. The van der Waals surface area contributed by atoms with Crippen LogP contribution in [-0.2, 0) is 30.1 Å². The minimum Gasteiger partial charge on any atom is -0.345 e. The number of pyridine rings is 2. The first-order chi connectivity index (χ1) is 29.6. The number of rotatable bonds is 10. The minimum atomic E-state index is -3.94. The van der Waals surface area contributed by atoms with Gasteiger partial charge in [-0.3, -0.25) is 0 Å². The van der Waals surface area contributed by atoms with Gasteiger partial charge < -0.3 is 4.98 Å². The fourth-order valence-electron chi connectivity index (χ4n) is 6.99. The number of benzene rings is 3. The second kappa shape index (κ2) is 16.8. The average Bonchev–Trinajstić information content (AvgIpc) is 4.11. The number of nitrogens with zero attached hydrogens (tertiary/aromatic N) is 5. The zero-order valence-corrected chi connectivity index (χ0v) is 38.2. The maximum Gasteiger partial charge on any atom is 0.269 e. The van der Waals surface area contributed by atoms with Crippen molar-refractivity contribution in [3.63, 3.8) is 0 Å². The number of sulfonamides is 2. The standard InChI is InChI=1S/C26H23N3O4S3.C19H17N3O2S2/c1-18-4-8-22(9-5-18)36(32,33)29-16-24(19-6-10-21(11-7-19)35(30,31)28(2)3)25-23(12-14-27-26(25)29)20-13-15-34-17-20;1-22(2)26(23,24)15-5-3-13(4-6-15)17-11-21-19-18(17)16(7-9-20-19)14-8-10-25-12-14/h4-17H,1-3H3;3-12H,1-2H3,(H,20,21). The molecule has 0 unspecified atom stereocenters. The SMILES string of the molecule is CN(C)S(=O)(=O)c1ccc(-c2c[nH]c3nccc(-c4ccsc4)c23)cc1.Cc1ccc(S(=O)(=O)n2cc(-c3ccc(S(=O)(=O)N(C)C)cc3)c3c(-c4ccsc4)ccnc32)cc1. The number of H-pyrrole nitrogens is 1. The number of hydrogen-bond donors (Lipinski definition) is 1. The Morgan fingerprint density at radius 2 is 1.02 bits per heavy atom. The van der Waals surface area contributed by atoms with Crippen LogP contribution >= 0.6 is 22.7 Å². The molecule has 0 bridgehead atoms. The van der Waals surface area contributed by atoms with E-state index in [-0.39, 0.29) is 14.7 Å². The van der Waals surface area contributed by atoms with E-state index in [9.17, 15) is 25.3 Å². The molecule has 0 radical (unpaired) electrons. The first-order valence-electron chi connectivity index (χ1n) is 19.0. The first kappa shape index (κ1) is 42.9. The van der Waals surface area contributed by atoms with E-state index in [0.29, 0.717) is 22.2 Å². The van der Waals surface area contributed by atoms with Gasteiger partial charge in [-0.15, -0.1) is 0 Å². The number of aryl methyl sites for hydroxylation is 1. The van der Waals surface area contributed by atoms with Crippen LogP contribution in [0.15, 0.2) is 158 Å². The third kappa shape index (κ3) is 7.92. The molecule has 0 spiro atoms. The van der Waals surface area contributed by atoms with E-state index in [2.05, 4.69) is 31.8 Å². The lowest BCUT2D eigenvalue weighted by atomic mass is 10.00. The lowest BCUT2D eigenvalue weighted by Gasteiger charge is -2.11. The Hall–Kier alpha value is -5.79. The predicted molar refractivity (Wildman–Crippen MR) is 249 cm³/mol. The number of thiophene rings is 2. The maximum absolute atomic E-state index is 13.7. The van der Waals surface area contributed by atoms with Crippen molar-refractivity contribution in [1.82, 2.24) is 27.5 Å². The molecule has 0 fully saturated rings. The molecular formula is C45H40N6O6S5. The first-order valence-corrected chi connectivity index (χ1v) is 25.2. The second-order valence-corrected chi connectivity index (χ2v) is 22.3. The van der Waals surface area contributed by atoms with E-state index in [0.717, 1.165) is 54.3 Å². The summed E-state index contributed by atoms with van der Waals surface area (Å²) in [5.41, 5.74) is 9.40. The smallest absolute Gasteiger partial charge is 0.269 e. The molecule has 12 nitrogen and oxygen atoms in total. The summed E-state index contributed by atoms with van der Waals surface area (Å²) in [5.74, 6) is 0. The molecule has 9 rings (SSSR count). The molecule has 3 aromatic carbocycles. The van der Waals surface area contributed by atoms with Gasteiger partial charge in [0.15, 0.2) is 5.65 Å². The van der Waals surface area contributed by atoms with Gasteiger partial charge in [-0.05, 0) is 122 Å². The van der Waals surface area contributed by atoms with Crippen molar-refractivity contribution >= 4 is 74.8 Å². The van der Waals surface area contributed by atoms with Crippen LogP contribution < -0.4 is 0 Å². The zero-order chi connectivity index (χ0) is 44.0. The van der Waals surface area contributed by atoms with Crippen LogP contribution in [0, 0.1) is 6.92 Å². The van der Waals surface area contributed by atoms with Crippen molar-refractivity contribution in [3.05, 3.63) is 149 Å². The second-order valence-electron chi connectivity index (χ2n) is 14.6. The Labute approximate surface area is 368 Å². The van der Waals surface area contributed by atoms with Crippen LogP contribution in [0.4, 0.5) is 0 Å². The summed E-state index contributed by atoms with van der Waals surface area (Å²) >= 11 is 3.20. The van der Waals surface area contributed by atoms with Crippen molar-refractivity contribution in [3.8, 4) is 44.5 Å². The van der Waals surface area contributed by atoms with Gasteiger partial charge in [0, 0.05) is 74.9 Å². The molecule has 0 saturated heterocycles. The van der Waals surface area contributed by atoms with Gasteiger partial charge >= 0.3 is 0 Å². The van der Waals surface area contributed by atoms with Crippen LogP contribution in [0.2, 0.25) is 0 Å². The van der Waals surface area contributed by atoms with Gasteiger partial charge in [-0.2, -0.15) is 22.7 Å². The van der Waals surface area contributed by atoms with Crippen LogP contribution in [-0.4, -0.2) is 81.0 Å². The van der Waals surface area contributed by atoms with Gasteiger partial charge in [0.05, 0.1) is 14.7 Å². The van der Waals surface area contributed by atoms with Crippen molar-refractivity contribution in [2.75, 3.05) is 28.2 Å². The topological polar surface area (TPSA) is 155 Å². The number of aromatic amines is 1. The molecule has 62 heavy (non-hydrogen) atoms. The molecule has 1 N–H and O–H groups in total. The Kier molecular flexibility index (Phi) is 11.6. The highest BCUT2D eigenvalue weighted by Crippen LogP contribution is 2.40. The van der Waals surface area contributed by atoms with Gasteiger partial charge in [-0.1, -0.05) is 42.0 Å². The fraction of sp³-hybridized carbons (Fsp3) is 0.111. The van der Waals surface area contributed by atoms with E-state index in [4.69, 9.17) is 0 Å². The summed E-state index contributed by atoms with van der Waals surface area (Å²) in [5, 5.41) is 9.83. The summed E-state index contributed by atoms with van der Waals surface area (Å²) in [6.07, 6.45) is 6.89. The highest BCUT2D eigenvalue weighted by atomic mass is 32.2. The molecule has 0 aliphatic rings. The van der Waals surface area contributed by atoms with E-state index in [1.165, 1.54) is 48.6 Å². The van der Waals surface area contributed by atoms with E-state index in [1.54, 1.807) is 89.8 Å². The molecule has 0 amide bonds. The highest BCUT2D eigenvalue weighted by molar-refractivity contribution is 7.90. The molecule has 17 heteroatoms. The molecule has 316 valence electrons. The predicted octanol–water partition coefficient (Wildman–Crippen LogP) is 9.44. The number of nitrogens with one attached hydrogen (secondary N) is 1. The average molecular weight is 921 g/mol. The van der Waals surface area contributed by atoms with Crippen molar-refractivity contribution in [2.45, 2.75) is 21.6 Å². The Bertz CT molecular complexity index is 3380. The highest BCUT2D eigenvalue weighted by Gasteiger charge is 2.26. The van der Waals surface area contributed by atoms with Crippen LogP contribution in [0.25, 0.3) is 66.6 Å². The quantitative estimate of drug-likeness (QED) is 0.142. The summed E-state index contributed by atoms with van der Waals surface area (Å²) < 4.78 is 80.6. The van der Waals surface area contributed by atoms with Crippen LogP contribution in [0.5, 0.6) is 0 Å². The third-order valence-electron chi connectivity index (χ3n) is 10.4. The van der Waals surface area contributed by atoms with E-state index >= 15 is 0 Å². The molecule has 0 saturated carbocycles. The Morgan fingerprint density at radius 1 is 0.532 bits per heavy atom. The molecular weight excluding hydrogens is 881 g/mol. The molecule has 6 heterocycles. The molecule has 0 aliphatic heterocycles. The summed E-state index contributed by atoms with van der Waals surface area (Å²) in [7, 11) is -4.96.